The number of hydrogen-bond acceptors (Lipinski definition) is 6. The van der Waals surface area contributed by atoms with Crippen molar-refractivity contribution in [2.75, 3.05) is 10.6 Å². The monoisotopic (exact) mass is 410 g/mol. The van der Waals surface area contributed by atoms with Gasteiger partial charge in [0.25, 0.3) is 5.91 Å². The van der Waals surface area contributed by atoms with Gasteiger partial charge in [0.05, 0.1) is 10.0 Å². The van der Waals surface area contributed by atoms with Crippen molar-refractivity contribution in [1.82, 2.24) is 10.1 Å². The Morgan fingerprint density at radius 3 is 2.62 bits per heavy atom. The van der Waals surface area contributed by atoms with Crippen LogP contribution in [0.3, 0.4) is 0 Å². The van der Waals surface area contributed by atoms with Crippen LogP contribution in [-0.2, 0) is 5.41 Å². The van der Waals surface area contributed by atoms with Crippen molar-refractivity contribution in [3.63, 3.8) is 0 Å². The summed E-state index contributed by atoms with van der Waals surface area (Å²) in [5.74, 6) is 0.678. The van der Waals surface area contributed by atoms with E-state index in [1.807, 2.05) is 20.8 Å². The third kappa shape index (κ3) is 4.35. The molecule has 0 aliphatic rings. The van der Waals surface area contributed by atoms with Gasteiger partial charge in [-0.2, -0.15) is 0 Å². The molecule has 1 amide bonds. The maximum absolute atomic E-state index is 12.3. The van der Waals surface area contributed by atoms with Crippen LogP contribution in [0.1, 0.15) is 37.0 Å². The zero-order chi connectivity index (χ0) is 18.9. The lowest BCUT2D eigenvalue weighted by atomic mass is 9.93. The van der Waals surface area contributed by atoms with Crippen LogP contribution in [0.2, 0.25) is 10.0 Å². The van der Waals surface area contributed by atoms with Crippen LogP contribution in [0.4, 0.5) is 16.6 Å². The summed E-state index contributed by atoms with van der Waals surface area (Å²) in [5.41, 5.74) is 0.818. The van der Waals surface area contributed by atoms with E-state index in [2.05, 4.69) is 20.8 Å². The third-order valence-electron chi connectivity index (χ3n) is 3.40. The number of anilines is 3. The summed E-state index contributed by atoms with van der Waals surface area (Å²) in [6, 6.07) is 6.86. The lowest BCUT2D eigenvalue weighted by Crippen LogP contribution is -2.13. The van der Waals surface area contributed by atoms with E-state index in [-0.39, 0.29) is 17.0 Å². The molecule has 2 heterocycles. The summed E-state index contributed by atoms with van der Waals surface area (Å²) in [5, 5.41) is 12.8. The van der Waals surface area contributed by atoms with Crippen molar-refractivity contribution < 1.29 is 9.32 Å². The number of aromatic nitrogens is 2. The molecule has 26 heavy (non-hydrogen) atoms. The Morgan fingerprint density at radius 1 is 1.19 bits per heavy atom. The van der Waals surface area contributed by atoms with E-state index in [4.69, 9.17) is 27.7 Å². The van der Waals surface area contributed by atoms with Gasteiger partial charge in [-0.3, -0.25) is 4.79 Å². The average Bonchev–Trinajstić information content (AvgIpc) is 3.20. The minimum absolute atomic E-state index is 0.187. The van der Waals surface area contributed by atoms with Gasteiger partial charge in [0.1, 0.15) is 11.5 Å². The molecule has 0 fully saturated rings. The van der Waals surface area contributed by atoms with E-state index >= 15 is 0 Å². The molecule has 136 valence electrons. The van der Waals surface area contributed by atoms with Gasteiger partial charge in [0.15, 0.2) is 10.9 Å². The number of nitrogens with one attached hydrogen (secondary N) is 2. The highest BCUT2D eigenvalue weighted by Crippen LogP contribution is 2.28. The van der Waals surface area contributed by atoms with E-state index in [9.17, 15) is 4.79 Å². The summed E-state index contributed by atoms with van der Waals surface area (Å²) >= 11 is 13.2. The van der Waals surface area contributed by atoms with Crippen LogP contribution < -0.4 is 10.6 Å². The topological polar surface area (TPSA) is 80.0 Å². The van der Waals surface area contributed by atoms with Crippen LogP contribution >= 0.6 is 34.5 Å². The highest BCUT2D eigenvalue weighted by molar-refractivity contribution is 7.14. The first-order valence-corrected chi connectivity index (χ1v) is 9.32. The number of carbonyl (C=O) groups is 1. The van der Waals surface area contributed by atoms with Gasteiger partial charge in [-0.15, -0.1) is 11.3 Å². The molecule has 6 nitrogen and oxygen atoms in total. The molecule has 2 N–H and O–H groups in total. The number of carbonyl (C=O) groups excluding carboxylic acids is 1. The Labute approximate surface area is 164 Å². The van der Waals surface area contributed by atoms with Crippen molar-refractivity contribution in [1.29, 1.82) is 0 Å². The van der Waals surface area contributed by atoms with Gasteiger partial charge in [-0.1, -0.05) is 49.1 Å². The molecule has 0 aliphatic carbocycles. The number of benzene rings is 1. The second kappa shape index (κ2) is 7.26. The Bertz CT molecular complexity index is 946. The standard InChI is InChI=1S/C17H16Cl2N4O2S/c1-17(2,3)13-7-14(23-25-13)22-15(24)12-8-26-16(21-12)20-9-4-5-10(18)11(19)6-9/h4-8H,1-3H3,(H,20,21)(H,22,23,24). The van der Waals surface area contributed by atoms with E-state index in [0.29, 0.717) is 26.8 Å². The number of halogens is 2. The van der Waals surface area contributed by atoms with Crippen molar-refractivity contribution in [2.24, 2.45) is 0 Å². The molecule has 0 radical (unpaired) electrons. The summed E-state index contributed by atoms with van der Waals surface area (Å²) in [6.45, 7) is 6.00. The van der Waals surface area contributed by atoms with E-state index in [1.165, 1.54) is 11.3 Å². The second-order valence-corrected chi connectivity index (χ2v) is 8.24. The Hall–Kier alpha value is -2.09. The van der Waals surface area contributed by atoms with Gasteiger partial charge in [-0.05, 0) is 18.2 Å². The third-order valence-corrected chi connectivity index (χ3v) is 4.90. The molecule has 0 bridgehead atoms. The number of thiazole rings is 1. The van der Waals surface area contributed by atoms with Crippen molar-refractivity contribution in [2.45, 2.75) is 26.2 Å². The molecule has 0 spiro atoms. The molecule has 3 aromatic rings. The zero-order valence-electron chi connectivity index (χ0n) is 14.3. The fourth-order valence-electron chi connectivity index (χ4n) is 2.00. The van der Waals surface area contributed by atoms with E-state index < -0.39 is 0 Å². The zero-order valence-corrected chi connectivity index (χ0v) is 16.6. The van der Waals surface area contributed by atoms with Gasteiger partial charge >= 0.3 is 0 Å². The molecule has 0 saturated carbocycles. The molecule has 0 unspecified atom stereocenters. The minimum Gasteiger partial charge on any atom is -0.359 e. The molecule has 9 heteroatoms. The lowest BCUT2D eigenvalue weighted by molar-refractivity contribution is 0.102. The van der Waals surface area contributed by atoms with Crippen LogP contribution in [0.15, 0.2) is 34.2 Å². The normalized spacial score (nSPS) is 11.4. The van der Waals surface area contributed by atoms with Gasteiger partial charge < -0.3 is 15.2 Å². The predicted octanol–water partition coefficient (Wildman–Crippen LogP) is 5.73. The van der Waals surface area contributed by atoms with Gasteiger partial charge in [0.2, 0.25) is 0 Å². The smallest absolute Gasteiger partial charge is 0.276 e. The van der Waals surface area contributed by atoms with E-state index in [0.717, 1.165) is 5.69 Å². The largest absolute Gasteiger partial charge is 0.359 e. The number of nitrogens with zero attached hydrogens (tertiary/aromatic N) is 2. The Morgan fingerprint density at radius 2 is 1.96 bits per heavy atom. The molecule has 0 aliphatic heterocycles. The number of rotatable bonds is 4. The molecule has 0 atom stereocenters. The fraction of sp³-hybridized carbons (Fsp3) is 0.235. The second-order valence-electron chi connectivity index (χ2n) is 6.57. The van der Waals surface area contributed by atoms with Crippen molar-refractivity contribution in [3.8, 4) is 0 Å². The molecular weight excluding hydrogens is 395 g/mol. The fourth-order valence-corrected chi connectivity index (χ4v) is 3.01. The molecule has 1 aromatic carbocycles. The quantitative estimate of drug-likeness (QED) is 0.573. The highest BCUT2D eigenvalue weighted by atomic mass is 35.5. The SMILES string of the molecule is CC(C)(C)c1cc(NC(=O)c2csc(Nc3ccc(Cl)c(Cl)c3)n2)no1. The van der Waals surface area contributed by atoms with Crippen LogP contribution in [0, 0.1) is 0 Å². The first-order chi connectivity index (χ1) is 12.2. The van der Waals surface area contributed by atoms with Gasteiger partial charge in [-0.25, -0.2) is 4.98 Å². The highest BCUT2D eigenvalue weighted by Gasteiger charge is 2.21. The van der Waals surface area contributed by atoms with Crippen LogP contribution in [-0.4, -0.2) is 16.0 Å². The minimum atomic E-state index is -0.364. The molecule has 0 saturated heterocycles. The number of hydrogen-bond donors (Lipinski definition) is 2. The Kier molecular flexibility index (Phi) is 5.22. The van der Waals surface area contributed by atoms with E-state index in [1.54, 1.807) is 29.6 Å². The van der Waals surface area contributed by atoms with Crippen LogP contribution in [0.5, 0.6) is 0 Å². The maximum atomic E-state index is 12.3. The predicted molar refractivity (Wildman–Crippen MR) is 105 cm³/mol. The lowest BCUT2D eigenvalue weighted by Gasteiger charge is -2.11. The summed E-state index contributed by atoms with van der Waals surface area (Å²) in [7, 11) is 0. The van der Waals surface area contributed by atoms with Gasteiger partial charge in [0, 0.05) is 22.5 Å². The number of amides is 1. The maximum Gasteiger partial charge on any atom is 0.276 e. The summed E-state index contributed by atoms with van der Waals surface area (Å²) in [4.78, 5) is 16.6. The van der Waals surface area contributed by atoms with Crippen molar-refractivity contribution >= 4 is 57.1 Å². The first kappa shape index (κ1) is 18.7. The average molecular weight is 411 g/mol. The van der Waals surface area contributed by atoms with Crippen molar-refractivity contribution in [3.05, 3.63) is 51.1 Å². The molecular formula is C17H16Cl2N4O2S. The van der Waals surface area contributed by atoms with Crippen LogP contribution in [0.25, 0.3) is 0 Å². The molecule has 2 aromatic heterocycles. The first-order valence-electron chi connectivity index (χ1n) is 7.68. The Balaban J connectivity index is 1.68. The summed E-state index contributed by atoms with van der Waals surface area (Å²) < 4.78 is 5.25. The summed E-state index contributed by atoms with van der Waals surface area (Å²) in [6.07, 6.45) is 0. The molecule has 3 rings (SSSR count).